The molecule has 0 amide bonds. The molecule has 11 rings (SSSR count). The Hall–Kier alpha value is -6.64. The van der Waals surface area contributed by atoms with E-state index in [2.05, 4.69) is 158 Å². The largest absolute Gasteiger partial charge is 0.228 e. The number of hydrogen-bond donors (Lipinski definition) is 0. The minimum Gasteiger partial charge on any atom is -0.228 e. The molecule has 0 N–H and O–H groups in total. The van der Waals surface area contributed by atoms with E-state index < -0.39 is 0 Å². The topological polar surface area (TPSA) is 25.8 Å². The molecule has 11 aromatic rings. The van der Waals surface area contributed by atoms with E-state index in [0.717, 1.165) is 39.1 Å². The maximum absolute atomic E-state index is 5.11. The van der Waals surface area contributed by atoms with E-state index in [1.165, 1.54) is 70.2 Å². The monoisotopic (exact) mass is 632 g/mol. The molecule has 0 fully saturated rings. The Kier molecular flexibility index (Phi) is 5.70. The smallest absolute Gasteiger partial charge is 0.160 e. The molecule has 2 heteroatoms. The molecule has 230 valence electrons. The van der Waals surface area contributed by atoms with Crippen LogP contribution in [0.5, 0.6) is 0 Å². The Labute approximate surface area is 288 Å². The summed E-state index contributed by atoms with van der Waals surface area (Å²) in [5.74, 6) is 0.730. The first-order valence-electron chi connectivity index (χ1n) is 17.2. The first kappa shape index (κ1) is 27.3. The van der Waals surface area contributed by atoms with Crippen molar-refractivity contribution in [1.29, 1.82) is 0 Å². The standard InChI is InChI=1S/C48H28N2/c1-2-9-33(10-3-1)47-40-14-4-5-18-42(40)49-48(50-47)34-24-19-29(20-25-34)36-27-35-26-23-32-12-7-16-38-37-15-6-11-30-21-22-31-13-8-17-39(45(31)43(30)37)41(28-36)46(35)44(32)38/h1-28H. The van der Waals surface area contributed by atoms with Crippen molar-refractivity contribution in [2.75, 3.05) is 0 Å². The summed E-state index contributed by atoms with van der Waals surface area (Å²) in [6.45, 7) is 0. The zero-order valence-electron chi connectivity index (χ0n) is 27.1. The van der Waals surface area contributed by atoms with Crippen LogP contribution in [0.15, 0.2) is 170 Å². The zero-order valence-corrected chi connectivity index (χ0v) is 27.1. The van der Waals surface area contributed by atoms with E-state index in [-0.39, 0.29) is 0 Å². The third-order valence-corrected chi connectivity index (χ3v) is 10.6. The molecule has 0 aliphatic heterocycles. The highest BCUT2D eigenvalue weighted by Gasteiger charge is 2.17. The van der Waals surface area contributed by atoms with Crippen molar-refractivity contribution in [1.82, 2.24) is 9.97 Å². The number of aromatic nitrogens is 2. The molecule has 0 unspecified atom stereocenters. The van der Waals surface area contributed by atoms with Crippen LogP contribution in [0.4, 0.5) is 0 Å². The molecule has 0 saturated carbocycles. The van der Waals surface area contributed by atoms with Gasteiger partial charge in [0.05, 0.1) is 11.2 Å². The van der Waals surface area contributed by atoms with Crippen LogP contribution in [-0.2, 0) is 0 Å². The van der Waals surface area contributed by atoms with Crippen LogP contribution >= 0.6 is 0 Å². The molecule has 0 radical (unpaired) electrons. The molecule has 0 spiro atoms. The van der Waals surface area contributed by atoms with Crippen LogP contribution in [0.2, 0.25) is 0 Å². The van der Waals surface area contributed by atoms with E-state index in [9.17, 15) is 0 Å². The highest BCUT2D eigenvalue weighted by molar-refractivity contribution is 6.37. The first-order chi connectivity index (χ1) is 24.8. The van der Waals surface area contributed by atoms with Crippen molar-refractivity contribution in [2.45, 2.75) is 0 Å². The third-order valence-electron chi connectivity index (χ3n) is 10.6. The van der Waals surface area contributed by atoms with Crippen LogP contribution in [0.3, 0.4) is 0 Å². The van der Waals surface area contributed by atoms with Crippen LogP contribution in [-0.4, -0.2) is 9.97 Å². The van der Waals surface area contributed by atoms with Gasteiger partial charge in [0.1, 0.15) is 0 Å². The van der Waals surface area contributed by atoms with E-state index in [1.807, 2.05) is 12.1 Å². The van der Waals surface area contributed by atoms with Gasteiger partial charge in [0.15, 0.2) is 5.82 Å². The van der Waals surface area contributed by atoms with Gasteiger partial charge in [-0.2, -0.15) is 0 Å². The van der Waals surface area contributed by atoms with Gasteiger partial charge in [0.2, 0.25) is 0 Å². The number of rotatable bonds is 3. The third kappa shape index (κ3) is 3.96. The Balaban J connectivity index is 1.16. The lowest BCUT2D eigenvalue weighted by atomic mass is 9.86. The summed E-state index contributed by atoms with van der Waals surface area (Å²) in [4.78, 5) is 10.1. The second kappa shape index (κ2) is 10.4. The van der Waals surface area contributed by atoms with E-state index >= 15 is 0 Å². The molecule has 10 aromatic carbocycles. The van der Waals surface area contributed by atoms with Gasteiger partial charge in [-0.25, -0.2) is 9.97 Å². The lowest BCUT2D eigenvalue weighted by molar-refractivity contribution is 1.23. The fraction of sp³-hybridized carbons (Fsp3) is 0. The van der Waals surface area contributed by atoms with Crippen molar-refractivity contribution >= 4 is 75.5 Å². The summed E-state index contributed by atoms with van der Waals surface area (Å²) >= 11 is 0. The number of para-hydroxylation sites is 1. The van der Waals surface area contributed by atoms with Gasteiger partial charge in [-0.1, -0.05) is 152 Å². The first-order valence-corrected chi connectivity index (χ1v) is 17.2. The van der Waals surface area contributed by atoms with Gasteiger partial charge < -0.3 is 0 Å². The SMILES string of the molecule is c1ccc(-c2nc(-c3ccc(-c4cc5ccc6cccc7c8cccc9ccc%10cccc(c(c4)c5c67)c%10c98)cc3)nc3ccccc23)cc1. The van der Waals surface area contributed by atoms with E-state index in [0.29, 0.717) is 0 Å². The summed E-state index contributed by atoms with van der Waals surface area (Å²) in [6.07, 6.45) is 0. The van der Waals surface area contributed by atoms with Crippen molar-refractivity contribution in [2.24, 2.45) is 0 Å². The highest BCUT2D eigenvalue weighted by Crippen LogP contribution is 2.44. The average molecular weight is 633 g/mol. The summed E-state index contributed by atoms with van der Waals surface area (Å²) in [5.41, 5.74) is 6.34. The fourth-order valence-corrected chi connectivity index (χ4v) is 8.28. The lowest BCUT2D eigenvalue weighted by Crippen LogP contribution is -1.95. The van der Waals surface area contributed by atoms with Crippen LogP contribution in [0.25, 0.3) is 109 Å². The molecule has 0 bridgehead atoms. The molecule has 0 saturated heterocycles. The Morgan fingerprint density at radius 2 is 0.800 bits per heavy atom. The van der Waals surface area contributed by atoms with Gasteiger partial charge in [0.25, 0.3) is 0 Å². The van der Waals surface area contributed by atoms with Crippen molar-refractivity contribution in [3.63, 3.8) is 0 Å². The van der Waals surface area contributed by atoms with Gasteiger partial charge in [0, 0.05) is 16.5 Å². The quantitative estimate of drug-likeness (QED) is 0.181. The average Bonchev–Trinajstić information content (AvgIpc) is 3.19. The minimum atomic E-state index is 0.730. The van der Waals surface area contributed by atoms with Gasteiger partial charge in [-0.05, 0) is 94.0 Å². The fourth-order valence-electron chi connectivity index (χ4n) is 8.28. The lowest BCUT2D eigenvalue weighted by Gasteiger charge is -2.17. The second-order valence-electron chi connectivity index (χ2n) is 13.3. The maximum atomic E-state index is 5.11. The molecule has 1 aromatic heterocycles. The number of hydrogen-bond acceptors (Lipinski definition) is 2. The number of benzene rings is 9. The molecule has 2 nitrogen and oxygen atoms in total. The summed E-state index contributed by atoms with van der Waals surface area (Å²) in [7, 11) is 0. The number of nitrogens with zero attached hydrogens (tertiary/aromatic N) is 2. The molecular weight excluding hydrogens is 605 g/mol. The van der Waals surface area contributed by atoms with Gasteiger partial charge in [-0.15, -0.1) is 0 Å². The highest BCUT2D eigenvalue weighted by atomic mass is 14.9. The molecule has 0 atom stereocenters. The Morgan fingerprint density at radius 3 is 1.46 bits per heavy atom. The predicted molar refractivity (Wildman–Crippen MR) is 212 cm³/mol. The maximum Gasteiger partial charge on any atom is 0.160 e. The van der Waals surface area contributed by atoms with Crippen molar-refractivity contribution in [3.8, 4) is 33.8 Å². The van der Waals surface area contributed by atoms with Gasteiger partial charge in [-0.3, -0.25) is 0 Å². The summed E-state index contributed by atoms with van der Waals surface area (Å²) in [5, 5.41) is 16.5. The molecular formula is C48H28N2. The van der Waals surface area contributed by atoms with E-state index in [4.69, 9.17) is 9.97 Å². The predicted octanol–water partition coefficient (Wildman–Crippen LogP) is 13.0. The summed E-state index contributed by atoms with van der Waals surface area (Å²) in [6, 6.07) is 61.6. The molecule has 0 aliphatic carbocycles. The van der Waals surface area contributed by atoms with Crippen LogP contribution < -0.4 is 0 Å². The summed E-state index contributed by atoms with van der Waals surface area (Å²) < 4.78 is 0. The molecule has 50 heavy (non-hydrogen) atoms. The Morgan fingerprint density at radius 1 is 0.280 bits per heavy atom. The second-order valence-corrected chi connectivity index (χ2v) is 13.3. The van der Waals surface area contributed by atoms with Crippen LogP contribution in [0.1, 0.15) is 0 Å². The molecule has 0 aliphatic rings. The normalized spacial score (nSPS) is 12.0. The van der Waals surface area contributed by atoms with Crippen molar-refractivity contribution in [3.05, 3.63) is 170 Å². The van der Waals surface area contributed by atoms with Crippen molar-refractivity contribution < 1.29 is 0 Å². The zero-order chi connectivity index (χ0) is 32.8. The van der Waals surface area contributed by atoms with Crippen LogP contribution in [0, 0.1) is 0 Å². The van der Waals surface area contributed by atoms with Gasteiger partial charge >= 0.3 is 0 Å². The Bertz CT molecular complexity index is 3120. The molecule has 1 heterocycles. The van der Waals surface area contributed by atoms with E-state index in [1.54, 1.807) is 0 Å². The number of fused-ring (bicyclic) bond motifs is 3. The minimum absolute atomic E-state index is 0.730.